The Bertz CT molecular complexity index is 1040. The quantitative estimate of drug-likeness (QED) is 0.536. The smallest absolute Gasteiger partial charge is 0.371 e. The van der Waals surface area contributed by atoms with E-state index in [-0.39, 0.29) is 22.5 Å². The third kappa shape index (κ3) is 4.57. The van der Waals surface area contributed by atoms with E-state index in [2.05, 4.69) is 20.2 Å². The number of carbonyl (C=O) groups is 1. The zero-order valence-corrected chi connectivity index (χ0v) is 16.4. The number of hydrogen-bond donors (Lipinski definition) is 3. The number of nitrogens with zero attached hydrogens (tertiary/aromatic N) is 2. The Balaban J connectivity index is 1.42. The third-order valence-corrected chi connectivity index (χ3v) is 5.46. The molecule has 0 saturated carbocycles. The van der Waals surface area contributed by atoms with Gasteiger partial charge in [0.05, 0.1) is 0 Å². The van der Waals surface area contributed by atoms with E-state index in [1.54, 1.807) is 12.4 Å². The number of urea groups is 1. The summed E-state index contributed by atoms with van der Waals surface area (Å²) in [5, 5.41) is 4.43. The molecule has 31 heavy (non-hydrogen) atoms. The highest BCUT2D eigenvalue weighted by Crippen LogP contribution is 2.37. The largest absolute Gasteiger partial charge is 0.413 e. The molecule has 0 bridgehead atoms. The van der Waals surface area contributed by atoms with Gasteiger partial charge in [-0.25, -0.2) is 9.18 Å². The number of H-pyrrole nitrogens is 1. The molecule has 4 rings (SSSR count). The predicted molar refractivity (Wildman–Crippen MR) is 108 cm³/mol. The second-order valence-electron chi connectivity index (χ2n) is 7.47. The molecule has 1 atom stereocenters. The van der Waals surface area contributed by atoms with Gasteiger partial charge < -0.3 is 20.5 Å². The van der Waals surface area contributed by atoms with Gasteiger partial charge in [-0.15, -0.1) is 0 Å². The van der Waals surface area contributed by atoms with Crippen molar-refractivity contribution in [3.05, 3.63) is 60.3 Å². The number of aromatic nitrogens is 2. The molecule has 1 aliphatic rings. The van der Waals surface area contributed by atoms with E-state index < -0.39 is 24.1 Å². The average Bonchev–Trinajstić information content (AvgIpc) is 3.17. The molecule has 0 aliphatic carbocycles. The molecule has 6 nitrogen and oxygen atoms in total. The number of fused-ring (bicyclic) bond motifs is 1. The number of carbonyl (C=O) groups excluding carboxylic acids is 1. The fraction of sp³-hybridized carbons (Fsp3) is 0.333. The van der Waals surface area contributed by atoms with Crippen LogP contribution in [0.5, 0.6) is 0 Å². The summed E-state index contributed by atoms with van der Waals surface area (Å²) in [6.45, 7) is 1.32. The first kappa shape index (κ1) is 21.0. The number of rotatable bonds is 4. The van der Waals surface area contributed by atoms with Crippen LogP contribution in [0.3, 0.4) is 0 Å². The van der Waals surface area contributed by atoms with Crippen LogP contribution < -0.4 is 15.5 Å². The number of halogens is 4. The Kier molecular flexibility index (Phi) is 5.71. The van der Waals surface area contributed by atoms with Gasteiger partial charge in [0.15, 0.2) is 6.04 Å². The lowest BCUT2D eigenvalue weighted by Gasteiger charge is -2.34. The fourth-order valence-corrected chi connectivity index (χ4v) is 3.92. The van der Waals surface area contributed by atoms with Crippen molar-refractivity contribution < 1.29 is 22.4 Å². The summed E-state index contributed by atoms with van der Waals surface area (Å²) >= 11 is 0. The molecular weight excluding hydrogens is 414 g/mol. The van der Waals surface area contributed by atoms with Crippen LogP contribution in [0.15, 0.2) is 48.9 Å². The van der Waals surface area contributed by atoms with Gasteiger partial charge in [-0.05, 0) is 37.1 Å². The molecule has 1 unspecified atom stereocenters. The maximum atomic E-state index is 14.2. The number of anilines is 1. The van der Waals surface area contributed by atoms with Crippen molar-refractivity contribution in [2.45, 2.75) is 31.1 Å². The van der Waals surface area contributed by atoms with E-state index in [9.17, 15) is 22.4 Å². The van der Waals surface area contributed by atoms with Crippen LogP contribution in [0.2, 0.25) is 0 Å². The van der Waals surface area contributed by atoms with Gasteiger partial charge in [-0.3, -0.25) is 4.98 Å². The Morgan fingerprint density at radius 2 is 1.87 bits per heavy atom. The number of piperidine rings is 1. The lowest BCUT2D eigenvalue weighted by atomic mass is 10.0. The summed E-state index contributed by atoms with van der Waals surface area (Å²) in [6, 6.07) is 4.20. The average molecular weight is 435 g/mol. The molecule has 3 N–H and O–H groups in total. The molecule has 0 radical (unpaired) electrons. The topological polar surface area (TPSA) is 73.1 Å². The van der Waals surface area contributed by atoms with Crippen LogP contribution >= 0.6 is 0 Å². The van der Waals surface area contributed by atoms with Crippen LogP contribution in [0.4, 0.5) is 28.0 Å². The Morgan fingerprint density at radius 1 is 1.16 bits per heavy atom. The third-order valence-electron chi connectivity index (χ3n) is 5.46. The van der Waals surface area contributed by atoms with Gasteiger partial charge in [-0.1, -0.05) is 6.07 Å². The minimum Gasteiger partial charge on any atom is -0.371 e. The molecular formula is C21H21F4N5O. The van der Waals surface area contributed by atoms with Crippen molar-refractivity contribution in [1.29, 1.82) is 0 Å². The van der Waals surface area contributed by atoms with E-state index in [1.807, 2.05) is 17.4 Å². The highest BCUT2D eigenvalue weighted by atomic mass is 19.4. The molecule has 2 amide bonds. The SMILES string of the molecule is O=C(NC1CCN(c2ccncc2)CC1)NC(c1c[nH]c2cccc(F)c12)C(F)(F)F. The lowest BCUT2D eigenvalue weighted by molar-refractivity contribution is -0.154. The number of aromatic amines is 1. The second-order valence-corrected chi connectivity index (χ2v) is 7.47. The molecule has 0 spiro atoms. The number of nitrogens with one attached hydrogen (secondary N) is 3. The van der Waals surface area contributed by atoms with Crippen molar-refractivity contribution in [3.63, 3.8) is 0 Å². The molecule has 2 aromatic heterocycles. The van der Waals surface area contributed by atoms with Crippen molar-refractivity contribution in [3.8, 4) is 0 Å². The Morgan fingerprint density at radius 3 is 2.55 bits per heavy atom. The molecule has 1 aromatic carbocycles. The van der Waals surface area contributed by atoms with E-state index in [1.165, 1.54) is 12.1 Å². The van der Waals surface area contributed by atoms with E-state index in [0.717, 1.165) is 18.0 Å². The van der Waals surface area contributed by atoms with Crippen LogP contribution in [0, 0.1) is 5.82 Å². The van der Waals surface area contributed by atoms with Crippen LogP contribution in [0.25, 0.3) is 10.9 Å². The van der Waals surface area contributed by atoms with Crippen LogP contribution in [-0.4, -0.2) is 41.3 Å². The van der Waals surface area contributed by atoms with E-state index >= 15 is 0 Å². The monoisotopic (exact) mass is 435 g/mol. The zero-order chi connectivity index (χ0) is 22.0. The molecule has 1 fully saturated rings. The minimum atomic E-state index is -4.79. The Labute approximate surface area is 175 Å². The minimum absolute atomic E-state index is 0.184. The summed E-state index contributed by atoms with van der Waals surface area (Å²) in [4.78, 5) is 21.1. The molecule has 1 saturated heterocycles. The van der Waals surface area contributed by atoms with Gasteiger partial charge in [0.25, 0.3) is 0 Å². The maximum absolute atomic E-state index is 14.2. The van der Waals surface area contributed by atoms with Gasteiger partial charge in [-0.2, -0.15) is 13.2 Å². The second kappa shape index (κ2) is 8.44. The number of amides is 2. The standard InChI is InChI=1S/C21H21F4N5O/c22-16-2-1-3-17-18(16)15(12-27-17)19(21(23,24)25)29-20(31)28-13-6-10-30(11-7-13)14-4-8-26-9-5-14/h1-5,8-9,12-13,19,27H,6-7,10-11H2,(H2,28,29,31). The molecule has 1 aliphatic heterocycles. The first-order valence-electron chi connectivity index (χ1n) is 9.87. The van der Waals surface area contributed by atoms with Crippen LogP contribution in [-0.2, 0) is 0 Å². The lowest BCUT2D eigenvalue weighted by Crippen LogP contribution is -2.50. The zero-order valence-electron chi connectivity index (χ0n) is 16.4. The van der Waals surface area contributed by atoms with Crippen LogP contribution in [0.1, 0.15) is 24.4 Å². The summed E-state index contributed by atoms with van der Waals surface area (Å²) in [5.41, 5.74) is 0.884. The highest BCUT2D eigenvalue weighted by Gasteiger charge is 2.43. The van der Waals surface area contributed by atoms with Gasteiger partial charge in [0.1, 0.15) is 5.82 Å². The van der Waals surface area contributed by atoms with Gasteiger partial charge in [0.2, 0.25) is 0 Å². The van der Waals surface area contributed by atoms with Gasteiger partial charge >= 0.3 is 12.2 Å². The summed E-state index contributed by atoms with van der Waals surface area (Å²) in [6.07, 6.45) is 0.858. The van der Waals surface area contributed by atoms with Crippen molar-refractivity contribution in [2.75, 3.05) is 18.0 Å². The number of hydrogen-bond acceptors (Lipinski definition) is 3. The van der Waals surface area contributed by atoms with E-state index in [0.29, 0.717) is 25.9 Å². The van der Waals surface area contributed by atoms with Crippen molar-refractivity contribution in [1.82, 2.24) is 20.6 Å². The first-order chi connectivity index (χ1) is 14.8. The highest BCUT2D eigenvalue weighted by molar-refractivity contribution is 5.85. The van der Waals surface area contributed by atoms with E-state index in [4.69, 9.17) is 0 Å². The molecule has 3 aromatic rings. The first-order valence-corrected chi connectivity index (χ1v) is 9.87. The fourth-order valence-electron chi connectivity index (χ4n) is 3.92. The molecule has 164 valence electrons. The maximum Gasteiger partial charge on any atom is 0.413 e. The van der Waals surface area contributed by atoms with Gasteiger partial charge in [0, 0.05) is 59.9 Å². The van der Waals surface area contributed by atoms with Crippen molar-refractivity contribution in [2.24, 2.45) is 0 Å². The normalized spacial score (nSPS) is 16.3. The Hall–Kier alpha value is -3.30. The molecule has 10 heteroatoms. The van der Waals surface area contributed by atoms with Crippen molar-refractivity contribution >= 4 is 22.6 Å². The number of benzene rings is 1. The summed E-state index contributed by atoms with van der Waals surface area (Å²) < 4.78 is 55.4. The number of alkyl halides is 3. The molecule has 3 heterocycles. The summed E-state index contributed by atoms with van der Waals surface area (Å²) in [7, 11) is 0. The number of pyridine rings is 1. The predicted octanol–water partition coefficient (Wildman–Crippen LogP) is 4.27. The summed E-state index contributed by atoms with van der Waals surface area (Å²) in [5.74, 6) is -0.784.